The maximum atomic E-state index is 12.5. The molecule has 2 aliphatic rings. The van der Waals surface area contributed by atoms with Crippen molar-refractivity contribution in [2.45, 2.75) is 50.4 Å². The fourth-order valence-electron chi connectivity index (χ4n) is 4.70. The van der Waals surface area contributed by atoms with Crippen LogP contribution in [0.2, 0.25) is 0 Å². The second kappa shape index (κ2) is 5.44. The molecule has 0 bridgehead atoms. The standard InChI is InChI=1S/C18H24O6/c1-9-7-10-13(12(8-9)23-3)15(20)18(22,16(21)24-4)17(2)6-5-11(19)14(10)17/h7-8,11,14-15,19-20,22H,5-6H2,1-4H3/t11-,14+,15-,17+,18+/m0/s1. The Morgan fingerprint density at radius 3 is 2.54 bits per heavy atom. The van der Waals surface area contributed by atoms with Gasteiger partial charge in [0.25, 0.3) is 0 Å². The number of hydrogen-bond donors (Lipinski definition) is 3. The quantitative estimate of drug-likeness (QED) is 0.702. The van der Waals surface area contributed by atoms with Crippen LogP contribution in [-0.4, -0.2) is 47.2 Å². The molecule has 0 unspecified atom stereocenters. The second-order valence-electron chi connectivity index (χ2n) is 7.13. The summed E-state index contributed by atoms with van der Waals surface area (Å²) >= 11 is 0. The van der Waals surface area contributed by atoms with E-state index in [1.165, 1.54) is 14.2 Å². The minimum atomic E-state index is -2.15. The summed E-state index contributed by atoms with van der Waals surface area (Å²) in [5.41, 5.74) is -1.20. The minimum absolute atomic E-state index is 0.347. The van der Waals surface area contributed by atoms with Crippen molar-refractivity contribution in [2.24, 2.45) is 5.41 Å². The summed E-state index contributed by atoms with van der Waals surface area (Å²) < 4.78 is 10.2. The molecule has 1 saturated carbocycles. The van der Waals surface area contributed by atoms with E-state index in [1.54, 1.807) is 13.0 Å². The molecule has 1 aromatic rings. The Balaban J connectivity index is 2.35. The van der Waals surface area contributed by atoms with Gasteiger partial charge in [-0.1, -0.05) is 13.0 Å². The van der Waals surface area contributed by atoms with Crippen LogP contribution >= 0.6 is 0 Å². The van der Waals surface area contributed by atoms with E-state index in [1.807, 2.05) is 13.0 Å². The van der Waals surface area contributed by atoms with Crippen LogP contribution < -0.4 is 4.74 Å². The number of carbonyl (C=O) groups excluding carboxylic acids is 1. The molecule has 0 aromatic heterocycles. The second-order valence-corrected chi connectivity index (χ2v) is 7.13. The van der Waals surface area contributed by atoms with Gasteiger partial charge in [0.1, 0.15) is 11.9 Å². The number of carbonyl (C=O) groups is 1. The number of benzene rings is 1. The molecule has 0 heterocycles. The van der Waals surface area contributed by atoms with E-state index in [0.29, 0.717) is 24.2 Å². The molecule has 1 fully saturated rings. The first-order valence-corrected chi connectivity index (χ1v) is 8.07. The molecule has 0 aliphatic heterocycles. The van der Waals surface area contributed by atoms with Crippen LogP contribution in [0.5, 0.6) is 5.75 Å². The van der Waals surface area contributed by atoms with Crippen molar-refractivity contribution in [2.75, 3.05) is 14.2 Å². The Hall–Kier alpha value is -1.63. The van der Waals surface area contributed by atoms with Gasteiger partial charge >= 0.3 is 5.97 Å². The fourth-order valence-corrected chi connectivity index (χ4v) is 4.70. The molecular weight excluding hydrogens is 312 g/mol. The lowest BCUT2D eigenvalue weighted by Crippen LogP contribution is -2.61. The number of aliphatic hydroxyl groups is 3. The number of aliphatic hydroxyl groups excluding tert-OH is 2. The highest BCUT2D eigenvalue weighted by Crippen LogP contribution is 2.64. The van der Waals surface area contributed by atoms with E-state index in [-0.39, 0.29) is 0 Å². The van der Waals surface area contributed by atoms with E-state index >= 15 is 0 Å². The number of aryl methyl sites for hydroxylation is 1. The van der Waals surface area contributed by atoms with Gasteiger partial charge in [-0.3, -0.25) is 0 Å². The molecule has 132 valence electrons. The van der Waals surface area contributed by atoms with Crippen LogP contribution in [0, 0.1) is 12.3 Å². The van der Waals surface area contributed by atoms with Crippen molar-refractivity contribution in [3.8, 4) is 5.75 Å². The number of esters is 1. The average molecular weight is 336 g/mol. The van der Waals surface area contributed by atoms with Gasteiger partial charge in [0.2, 0.25) is 0 Å². The van der Waals surface area contributed by atoms with Crippen LogP contribution in [0.3, 0.4) is 0 Å². The highest BCUT2D eigenvalue weighted by molar-refractivity contribution is 5.83. The van der Waals surface area contributed by atoms with E-state index < -0.39 is 35.1 Å². The number of rotatable bonds is 2. The zero-order chi connectivity index (χ0) is 17.9. The zero-order valence-electron chi connectivity index (χ0n) is 14.4. The molecule has 0 radical (unpaired) electrons. The lowest BCUT2D eigenvalue weighted by molar-refractivity contribution is -0.208. The normalized spacial score (nSPS) is 37.5. The predicted octanol–water partition coefficient (Wildman–Crippen LogP) is 1.20. The van der Waals surface area contributed by atoms with Gasteiger partial charge in [0.05, 0.1) is 20.3 Å². The average Bonchev–Trinajstić information content (AvgIpc) is 2.87. The van der Waals surface area contributed by atoms with Gasteiger partial charge < -0.3 is 24.8 Å². The summed E-state index contributed by atoms with van der Waals surface area (Å²) in [6.07, 6.45) is -1.38. The van der Waals surface area contributed by atoms with E-state index in [9.17, 15) is 20.1 Å². The molecule has 0 saturated heterocycles. The summed E-state index contributed by atoms with van der Waals surface area (Å²) in [5.74, 6) is -1.00. The Labute approximate surface area is 141 Å². The van der Waals surface area contributed by atoms with Crippen molar-refractivity contribution < 1.29 is 29.6 Å². The molecule has 5 atom stereocenters. The van der Waals surface area contributed by atoms with Gasteiger partial charge in [-0.25, -0.2) is 4.79 Å². The first-order chi connectivity index (χ1) is 11.2. The molecule has 2 aliphatic carbocycles. The Morgan fingerprint density at radius 1 is 1.29 bits per heavy atom. The topological polar surface area (TPSA) is 96.2 Å². The molecular formula is C18H24O6. The van der Waals surface area contributed by atoms with Crippen LogP contribution in [0.4, 0.5) is 0 Å². The Morgan fingerprint density at radius 2 is 1.96 bits per heavy atom. The first-order valence-electron chi connectivity index (χ1n) is 8.07. The third-order valence-electron chi connectivity index (χ3n) is 5.94. The maximum Gasteiger partial charge on any atom is 0.341 e. The van der Waals surface area contributed by atoms with Crippen LogP contribution in [0.1, 0.15) is 48.5 Å². The van der Waals surface area contributed by atoms with Gasteiger partial charge in [-0.2, -0.15) is 0 Å². The SMILES string of the molecule is COC(=O)[C@]1(O)[C@@H](O)c2c(OC)cc(C)cc2[C@@H]2[C@@H](O)CC[C@]21C. The smallest absolute Gasteiger partial charge is 0.341 e. The summed E-state index contributed by atoms with van der Waals surface area (Å²) in [7, 11) is 2.65. The number of hydrogen-bond acceptors (Lipinski definition) is 6. The van der Waals surface area contributed by atoms with Crippen molar-refractivity contribution in [1.29, 1.82) is 0 Å². The summed E-state index contributed by atoms with van der Waals surface area (Å²) in [6, 6.07) is 3.62. The molecule has 6 heteroatoms. The maximum absolute atomic E-state index is 12.5. The van der Waals surface area contributed by atoms with E-state index in [0.717, 1.165) is 11.1 Å². The number of fused-ring (bicyclic) bond motifs is 3. The highest BCUT2D eigenvalue weighted by atomic mass is 16.5. The lowest BCUT2D eigenvalue weighted by atomic mass is 9.56. The Kier molecular flexibility index (Phi) is 3.90. The van der Waals surface area contributed by atoms with E-state index in [2.05, 4.69) is 0 Å². The molecule has 0 spiro atoms. The van der Waals surface area contributed by atoms with Gasteiger partial charge in [0.15, 0.2) is 5.60 Å². The molecule has 24 heavy (non-hydrogen) atoms. The minimum Gasteiger partial charge on any atom is -0.496 e. The fraction of sp³-hybridized carbons (Fsp3) is 0.611. The first kappa shape index (κ1) is 17.2. The highest BCUT2D eigenvalue weighted by Gasteiger charge is 2.69. The van der Waals surface area contributed by atoms with Crippen molar-refractivity contribution in [3.05, 3.63) is 28.8 Å². The number of methoxy groups -OCH3 is 2. The van der Waals surface area contributed by atoms with Gasteiger partial charge in [-0.05, 0) is 37.0 Å². The third-order valence-corrected chi connectivity index (χ3v) is 5.94. The van der Waals surface area contributed by atoms with Crippen LogP contribution in [0.25, 0.3) is 0 Å². The molecule has 6 nitrogen and oxygen atoms in total. The molecule has 3 N–H and O–H groups in total. The summed E-state index contributed by atoms with van der Waals surface area (Å²) in [4.78, 5) is 12.5. The van der Waals surface area contributed by atoms with Gasteiger partial charge in [0, 0.05) is 16.9 Å². The largest absolute Gasteiger partial charge is 0.496 e. The van der Waals surface area contributed by atoms with Crippen molar-refractivity contribution in [3.63, 3.8) is 0 Å². The number of ether oxygens (including phenoxy) is 2. The van der Waals surface area contributed by atoms with Crippen LogP contribution in [-0.2, 0) is 9.53 Å². The summed E-state index contributed by atoms with van der Waals surface area (Å²) in [5, 5.41) is 32.8. The summed E-state index contributed by atoms with van der Waals surface area (Å²) in [6.45, 7) is 3.63. The van der Waals surface area contributed by atoms with E-state index in [4.69, 9.17) is 9.47 Å². The third kappa shape index (κ3) is 1.90. The van der Waals surface area contributed by atoms with Crippen molar-refractivity contribution >= 4 is 5.97 Å². The van der Waals surface area contributed by atoms with Crippen LogP contribution in [0.15, 0.2) is 12.1 Å². The molecule has 3 rings (SSSR count). The predicted molar refractivity (Wildman–Crippen MR) is 85.7 cm³/mol. The van der Waals surface area contributed by atoms with Gasteiger partial charge in [-0.15, -0.1) is 0 Å². The monoisotopic (exact) mass is 336 g/mol. The zero-order valence-corrected chi connectivity index (χ0v) is 14.4. The molecule has 0 amide bonds. The van der Waals surface area contributed by atoms with Crippen molar-refractivity contribution in [1.82, 2.24) is 0 Å². The molecule has 1 aromatic carbocycles. The lowest BCUT2D eigenvalue weighted by Gasteiger charge is -2.51. The Bertz CT molecular complexity index is 686.